The highest BCUT2D eigenvalue weighted by Crippen LogP contribution is 2.34. The molecule has 1 aliphatic carbocycles. The fraction of sp³-hybridized carbons (Fsp3) is 0.556. The highest BCUT2D eigenvalue weighted by molar-refractivity contribution is 7.90. The summed E-state index contributed by atoms with van der Waals surface area (Å²) in [6.07, 6.45) is 6.87. The minimum atomic E-state index is -3.55. The van der Waals surface area contributed by atoms with Gasteiger partial charge in [0, 0.05) is 12.8 Å². The molecule has 0 spiro atoms. The summed E-state index contributed by atoms with van der Waals surface area (Å²) in [6, 6.07) is 3.80. The van der Waals surface area contributed by atoms with Crippen LogP contribution in [0.5, 0.6) is 0 Å². The zero-order chi connectivity index (χ0) is 18.2. The van der Waals surface area contributed by atoms with Gasteiger partial charge in [-0.05, 0) is 24.0 Å². The van der Waals surface area contributed by atoms with Gasteiger partial charge >= 0.3 is 5.97 Å². The second kappa shape index (κ2) is 6.78. The average Bonchev–Trinajstić information content (AvgIpc) is 2.89. The van der Waals surface area contributed by atoms with Crippen molar-refractivity contribution in [2.75, 3.05) is 6.26 Å². The van der Waals surface area contributed by atoms with Crippen molar-refractivity contribution < 1.29 is 23.1 Å². The highest BCUT2D eigenvalue weighted by atomic mass is 32.2. The van der Waals surface area contributed by atoms with E-state index in [4.69, 9.17) is 0 Å². The van der Waals surface area contributed by atoms with Crippen LogP contribution >= 0.6 is 0 Å². The summed E-state index contributed by atoms with van der Waals surface area (Å²) in [7, 11) is -3.55. The molecule has 1 atom stereocenters. The van der Waals surface area contributed by atoms with Crippen LogP contribution in [0, 0.1) is 5.92 Å². The maximum Gasteiger partial charge on any atom is 0.326 e. The number of carboxylic acid groups (broad SMARTS) is 1. The quantitative estimate of drug-likeness (QED) is 0.865. The van der Waals surface area contributed by atoms with E-state index < -0.39 is 27.8 Å². The normalized spacial score (nSPS) is 19.7. The minimum Gasteiger partial charge on any atom is -0.480 e. The molecule has 1 saturated carbocycles. The number of benzene rings is 1. The summed E-state index contributed by atoms with van der Waals surface area (Å²) in [5.74, 6) is -1.20. The number of hydrogen-bond acceptors (Lipinski definition) is 4. The first-order valence-corrected chi connectivity index (χ1v) is 10.5. The first kappa shape index (κ1) is 17.9. The molecule has 0 bridgehead atoms. The number of carbonyl (C=O) groups excluding carboxylic acids is 1. The van der Waals surface area contributed by atoms with Gasteiger partial charge in [-0.25, -0.2) is 13.2 Å². The van der Waals surface area contributed by atoms with Crippen LogP contribution in [0.3, 0.4) is 0 Å². The molecule has 1 N–H and O–H groups in total. The van der Waals surface area contributed by atoms with E-state index in [0.717, 1.165) is 31.9 Å². The van der Waals surface area contributed by atoms with Crippen molar-refractivity contribution in [2.24, 2.45) is 5.92 Å². The molecule has 0 saturated heterocycles. The third kappa shape index (κ3) is 3.56. The number of amides is 1. The van der Waals surface area contributed by atoms with Gasteiger partial charge in [-0.2, -0.15) is 0 Å². The lowest BCUT2D eigenvalue weighted by Gasteiger charge is -2.29. The monoisotopic (exact) mass is 365 g/mol. The predicted molar refractivity (Wildman–Crippen MR) is 92.0 cm³/mol. The van der Waals surface area contributed by atoms with E-state index in [9.17, 15) is 23.1 Å². The van der Waals surface area contributed by atoms with Crippen molar-refractivity contribution in [2.45, 2.75) is 56.0 Å². The van der Waals surface area contributed by atoms with Crippen LogP contribution in [0.15, 0.2) is 23.1 Å². The number of hydrogen-bond donors (Lipinski definition) is 1. The van der Waals surface area contributed by atoms with E-state index in [1.54, 1.807) is 12.1 Å². The lowest BCUT2D eigenvalue weighted by atomic mass is 9.84. The van der Waals surface area contributed by atoms with Gasteiger partial charge in [0.05, 0.1) is 10.5 Å². The lowest BCUT2D eigenvalue weighted by Crippen LogP contribution is -2.43. The Hall–Kier alpha value is -1.89. The number of sulfone groups is 1. The maximum atomic E-state index is 12.8. The molecule has 6 nitrogen and oxygen atoms in total. The summed E-state index contributed by atoms with van der Waals surface area (Å²) in [6.45, 7) is 0.154. The average molecular weight is 365 g/mol. The van der Waals surface area contributed by atoms with Gasteiger partial charge in [-0.1, -0.05) is 44.2 Å². The van der Waals surface area contributed by atoms with E-state index >= 15 is 0 Å². The molecule has 1 amide bonds. The Labute approximate surface area is 147 Å². The Morgan fingerprint density at radius 1 is 1.28 bits per heavy atom. The molecule has 1 fully saturated rings. The second-order valence-corrected chi connectivity index (χ2v) is 9.07. The molecule has 1 aromatic rings. The summed E-state index contributed by atoms with van der Waals surface area (Å²) < 4.78 is 24.0. The Morgan fingerprint density at radius 3 is 2.56 bits per heavy atom. The zero-order valence-electron chi connectivity index (χ0n) is 14.3. The van der Waals surface area contributed by atoms with Crippen LogP contribution in [-0.4, -0.2) is 42.6 Å². The summed E-state index contributed by atoms with van der Waals surface area (Å²) >= 11 is 0. The topological polar surface area (TPSA) is 91.8 Å². The van der Waals surface area contributed by atoms with E-state index in [2.05, 4.69) is 0 Å². The van der Waals surface area contributed by atoms with Crippen molar-refractivity contribution in [3.8, 4) is 0 Å². The maximum absolute atomic E-state index is 12.8. The van der Waals surface area contributed by atoms with E-state index in [-0.39, 0.29) is 17.0 Å². The van der Waals surface area contributed by atoms with Gasteiger partial charge in [0.25, 0.3) is 5.91 Å². The molecule has 1 aromatic carbocycles. The molecule has 2 aliphatic rings. The minimum absolute atomic E-state index is 0.0145. The van der Waals surface area contributed by atoms with Crippen LogP contribution in [0.1, 0.15) is 54.4 Å². The molecule has 1 heterocycles. The van der Waals surface area contributed by atoms with Crippen molar-refractivity contribution >= 4 is 21.7 Å². The Kier molecular flexibility index (Phi) is 4.86. The van der Waals surface area contributed by atoms with Crippen molar-refractivity contribution in [3.63, 3.8) is 0 Å². The van der Waals surface area contributed by atoms with Crippen molar-refractivity contribution in [1.29, 1.82) is 0 Å². The largest absolute Gasteiger partial charge is 0.480 e. The van der Waals surface area contributed by atoms with E-state index in [1.807, 2.05) is 0 Å². The predicted octanol–water partition coefficient (Wildman–Crippen LogP) is 2.47. The SMILES string of the molecule is CS(=O)(=O)c1cccc2c1C(=O)N([C@@H](CC1CCCCC1)C(=O)O)C2. The van der Waals surface area contributed by atoms with Crippen molar-refractivity contribution in [3.05, 3.63) is 29.3 Å². The first-order chi connectivity index (χ1) is 11.8. The molecule has 0 unspecified atom stereocenters. The Bertz CT molecular complexity index is 796. The van der Waals surface area contributed by atoms with Gasteiger partial charge in [-0.15, -0.1) is 0 Å². The van der Waals surface area contributed by atoms with Gasteiger partial charge in [0.15, 0.2) is 9.84 Å². The number of fused-ring (bicyclic) bond motifs is 1. The third-order valence-corrected chi connectivity index (χ3v) is 6.41. The molecule has 25 heavy (non-hydrogen) atoms. The molecular weight excluding hydrogens is 342 g/mol. The summed E-state index contributed by atoms with van der Waals surface area (Å²) in [4.78, 5) is 26.0. The van der Waals surface area contributed by atoms with Gasteiger partial charge in [-0.3, -0.25) is 4.79 Å². The Balaban J connectivity index is 1.89. The molecule has 0 aromatic heterocycles. The standard InChI is InChI=1S/C18H23NO5S/c1-25(23,24)15-9-5-8-13-11-19(17(20)16(13)15)14(18(21)22)10-12-6-3-2-4-7-12/h5,8-9,12,14H,2-4,6-7,10-11H2,1H3,(H,21,22)/t14-/m0/s1. The molecule has 7 heteroatoms. The smallest absolute Gasteiger partial charge is 0.326 e. The molecule has 1 aliphatic heterocycles. The van der Waals surface area contributed by atoms with E-state index in [0.29, 0.717) is 17.9 Å². The fourth-order valence-electron chi connectivity index (χ4n) is 4.01. The second-order valence-electron chi connectivity index (χ2n) is 7.09. The number of carbonyl (C=O) groups is 2. The van der Waals surface area contributed by atoms with Crippen LogP contribution in [0.4, 0.5) is 0 Å². The van der Waals surface area contributed by atoms with Crippen molar-refractivity contribution in [1.82, 2.24) is 4.90 Å². The Morgan fingerprint density at radius 2 is 1.96 bits per heavy atom. The van der Waals surface area contributed by atoms with E-state index in [1.165, 1.54) is 17.4 Å². The number of nitrogens with zero attached hydrogens (tertiary/aromatic N) is 1. The van der Waals surface area contributed by atoms with Crippen LogP contribution in [0.2, 0.25) is 0 Å². The van der Waals surface area contributed by atoms with Gasteiger partial charge in [0.1, 0.15) is 6.04 Å². The summed E-state index contributed by atoms with van der Waals surface area (Å²) in [5, 5.41) is 9.68. The number of carboxylic acids is 1. The molecule has 0 radical (unpaired) electrons. The lowest BCUT2D eigenvalue weighted by molar-refractivity contribution is -0.143. The summed E-state index contributed by atoms with van der Waals surface area (Å²) in [5.41, 5.74) is 0.725. The zero-order valence-corrected chi connectivity index (χ0v) is 15.1. The molecular formula is C18H23NO5S. The van der Waals surface area contributed by atoms with Crippen LogP contribution < -0.4 is 0 Å². The third-order valence-electron chi connectivity index (χ3n) is 5.27. The molecule has 136 valence electrons. The first-order valence-electron chi connectivity index (χ1n) is 8.64. The van der Waals surface area contributed by atoms with Crippen LogP contribution in [0.25, 0.3) is 0 Å². The number of rotatable bonds is 5. The van der Waals surface area contributed by atoms with Gasteiger partial charge < -0.3 is 10.0 Å². The highest BCUT2D eigenvalue weighted by Gasteiger charge is 2.40. The number of aliphatic carboxylic acids is 1. The fourth-order valence-corrected chi connectivity index (χ4v) is 4.93. The molecule has 3 rings (SSSR count). The van der Waals surface area contributed by atoms with Crippen LogP contribution in [-0.2, 0) is 21.2 Å². The van der Waals surface area contributed by atoms with Gasteiger partial charge in [0.2, 0.25) is 0 Å².